The fraction of sp³-hybridized carbons (Fsp3) is 0.967. The Balaban J connectivity index is 2.19. The molecular weight excluding hydrogens is 392 g/mol. The van der Waals surface area contributed by atoms with E-state index in [0.717, 1.165) is 19.3 Å². The summed E-state index contributed by atoms with van der Waals surface area (Å²) in [5.41, 5.74) is -0.460. The van der Waals surface area contributed by atoms with Gasteiger partial charge in [-0.25, -0.2) is 0 Å². The number of unbranched alkanes of at least 4 members (excludes halogenated alkanes) is 18. The molecule has 190 valence electrons. The van der Waals surface area contributed by atoms with Crippen molar-refractivity contribution in [2.24, 2.45) is 5.41 Å². The van der Waals surface area contributed by atoms with Gasteiger partial charge in [-0.1, -0.05) is 129 Å². The maximum absolute atomic E-state index is 12.5. The molecule has 0 N–H and O–H groups in total. The van der Waals surface area contributed by atoms with E-state index in [4.69, 9.17) is 4.74 Å². The number of esters is 1. The molecular formula is C30H58O2. The molecule has 1 fully saturated rings. The highest BCUT2D eigenvalue weighted by Crippen LogP contribution is 2.45. The van der Waals surface area contributed by atoms with Gasteiger partial charge in [0.25, 0.3) is 0 Å². The van der Waals surface area contributed by atoms with E-state index in [1.807, 2.05) is 0 Å². The van der Waals surface area contributed by atoms with Gasteiger partial charge >= 0.3 is 5.97 Å². The molecule has 0 aromatic carbocycles. The summed E-state index contributed by atoms with van der Waals surface area (Å²) in [5, 5.41) is 0. The number of hydrogen-bond donors (Lipinski definition) is 0. The smallest absolute Gasteiger partial charge is 0.312 e. The number of ether oxygens (including phenoxy) is 1. The lowest BCUT2D eigenvalue weighted by Crippen LogP contribution is -2.29. The van der Waals surface area contributed by atoms with Gasteiger partial charge in [-0.05, 0) is 39.5 Å². The van der Waals surface area contributed by atoms with Crippen LogP contribution in [0.5, 0.6) is 0 Å². The molecule has 0 spiro atoms. The van der Waals surface area contributed by atoms with Gasteiger partial charge in [0, 0.05) is 6.42 Å². The average Bonchev–Trinajstić information content (AvgIpc) is 2.99. The van der Waals surface area contributed by atoms with E-state index in [2.05, 4.69) is 27.7 Å². The van der Waals surface area contributed by atoms with Crippen molar-refractivity contribution in [1.29, 1.82) is 0 Å². The molecule has 0 radical (unpaired) electrons. The SMILES string of the molecule is CCCCCCCCCCCCC1(CCCCCCCCCCCC)CC(C)(C)C(=O)O1. The normalized spacial score (nSPS) is 17.1. The standard InChI is InChI=1S/C30H58O2/c1-5-7-9-11-13-15-17-19-21-23-25-30(27-29(3,4)28(31)32-30)26-24-22-20-18-16-14-12-10-8-6-2/h5-27H2,1-4H3. The predicted octanol–water partition coefficient (Wildman–Crippen LogP) is 10.3. The molecule has 0 aliphatic carbocycles. The van der Waals surface area contributed by atoms with Crippen molar-refractivity contribution >= 4 is 5.97 Å². The number of carbonyl (C=O) groups excluding carboxylic acids is 1. The second kappa shape index (κ2) is 17.9. The van der Waals surface area contributed by atoms with E-state index in [0.29, 0.717) is 0 Å². The molecule has 0 bridgehead atoms. The van der Waals surface area contributed by atoms with Gasteiger partial charge in [0.15, 0.2) is 0 Å². The summed E-state index contributed by atoms with van der Waals surface area (Å²) in [6.07, 6.45) is 30.3. The zero-order chi connectivity index (χ0) is 23.5. The lowest BCUT2D eigenvalue weighted by atomic mass is 9.78. The first-order valence-corrected chi connectivity index (χ1v) is 14.7. The minimum Gasteiger partial charge on any atom is -0.459 e. The van der Waals surface area contributed by atoms with Crippen LogP contribution >= 0.6 is 0 Å². The summed E-state index contributed by atoms with van der Waals surface area (Å²) >= 11 is 0. The monoisotopic (exact) mass is 450 g/mol. The van der Waals surface area contributed by atoms with Gasteiger partial charge in [0.05, 0.1) is 5.41 Å². The van der Waals surface area contributed by atoms with E-state index in [1.165, 1.54) is 128 Å². The molecule has 0 unspecified atom stereocenters. The summed E-state index contributed by atoms with van der Waals surface area (Å²) in [7, 11) is 0. The summed E-state index contributed by atoms with van der Waals surface area (Å²) in [4.78, 5) is 12.5. The minimum atomic E-state index is -0.295. The summed E-state index contributed by atoms with van der Waals surface area (Å²) in [6, 6.07) is 0. The van der Waals surface area contributed by atoms with Crippen molar-refractivity contribution in [3.05, 3.63) is 0 Å². The Labute approximate surface area is 202 Å². The van der Waals surface area contributed by atoms with Crippen LogP contribution in [0.3, 0.4) is 0 Å². The van der Waals surface area contributed by atoms with Crippen LogP contribution in [0.1, 0.15) is 175 Å². The van der Waals surface area contributed by atoms with Crippen LogP contribution in [0.15, 0.2) is 0 Å². The Morgan fingerprint density at radius 3 is 1.16 bits per heavy atom. The van der Waals surface area contributed by atoms with E-state index in [9.17, 15) is 4.79 Å². The highest BCUT2D eigenvalue weighted by atomic mass is 16.6. The first-order chi connectivity index (χ1) is 15.5. The molecule has 1 heterocycles. The minimum absolute atomic E-state index is 0.0386. The quantitative estimate of drug-likeness (QED) is 0.121. The second-order valence-corrected chi connectivity index (χ2v) is 11.5. The third kappa shape index (κ3) is 13.2. The van der Waals surface area contributed by atoms with Crippen molar-refractivity contribution in [3.8, 4) is 0 Å². The zero-order valence-electron chi connectivity index (χ0n) is 22.6. The Morgan fingerprint density at radius 1 is 0.562 bits per heavy atom. The topological polar surface area (TPSA) is 26.3 Å². The molecule has 1 aliphatic heterocycles. The van der Waals surface area contributed by atoms with Crippen molar-refractivity contribution in [3.63, 3.8) is 0 Å². The summed E-state index contributed by atoms with van der Waals surface area (Å²) < 4.78 is 6.09. The van der Waals surface area contributed by atoms with E-state index >= 15 is 0 Å². The van der Waals surface area contributed by atoms with Crippen LogP contribution in [0.4, 0.5) is 0 Å². The lowest BCUT2D eigenvalue weighted by molar-refractivity contribution is -0.154. The van der Waals surface area contributed by atoms with Crippen LogP contribution < -0.4 is 0 Å². The molecule has 0 aromatic rings. The Morgan fingerprint density at radius 2 is 0.875 bits per heavy atom. The number of cyclic esters (lactones) is 1. The molecule has 32 heavy (non-hydrogen) atoms. The number of carbonyl (C=O) groups is 1. The maximum Gasteiger partial charge on any atom is 0.312 e. The van der Waals surface area contributed by atoms with E-state index < -0.39 is 0 Å². The van der Waals surface area contributed by atoms with Gasteiger partial charge in [0.2, 0.25) is 0 Å². The van der Waals surface area contributed by atoms with Crippen LogP contribution in [-0.4, -0.2) is 11.6 Å². The van der Waals surface area contributed by atoms with Crippen molar-refractivity contribution < 1.29 is 9.53 Å². The Kier molecular flexibility index (Phi) is 16.5. The first-order valence-electron chi connectivity index (χ1n) is 14.7. The van der Waals surface area contributed by atoms with Crippen LogP contribution in [0.25, 0.3) is 0 Å². The van der Waals surface area contributed by atoms with Crippen LogP contribution in [-0.2, 0) is 9.53 Å². The highest BCUT2D eigenvalue weighted by molar-refractivity contribution is 5.78. The highest BCUT2D eigenvalue weighted by Gasteiger charge is 2.50. The maximum atomic E-state index is 12.5. The third-order valence-electron chi connectivity index (χ3n) is 7.60. The molecule has 0 aromatic heterocycles. The van der Waals surface area contributed by atoms with Crippen LogP contribution in [0.2, 0.25) is 0 Å². The molecule has 0 atom stereocenters. The van der Waals surface area contributed by atoms with Gasteiger partial charge in [-0.3, -0.25) is 4.79 Å². The molecule has 2 heteroatoms. The van der Waals surface area contributed by atoms with Crippen LogP contribution in [0, 0.1) is 5.41 Å². The molecule has 2 nitrogen and oxygen atoms in total. The van der Waals surface area contributed by atoms with Crippen molar-refractivity contribution in [2.45, 2.75) is 181 Å². The first kappa shape index (κ1) is 29.5. The second-order valence-electron chi connectivity index (χ2n) is 11.5. The number of rotatable bonds is 22. The average molecular weight is 451 g/mol. The Bertz CT molecular complexity index is 430. The molecule has 1 aliphatic rings. The largest absolute Gasteiger partial charge is 0.459 e. The third-order valence-corrected chi connectivity index (χ3v) is 7.60. The fourth-order valence-electron chi connectivity index (χ4n) is 5.52. The lowest BCUT2D eigenvalue weighted by Gasteiger charge is -2.28. The van der Waals surface area contributed by atoms with Crippen molar-refractivity contribution in [2.75, 3.05) is 0 Å². The molecule has 0 amide bonds. The molecule has 0 saturated carbocycles. The van der Waals surface area contributed by atoms with Gasteiger partial charge in [0.1, 0.15) is 5.60 Å². The summed E-state index contributed by atoms with van der Waals surface area (Å²) in [6.45, 7) is 8.72. The van der Waals surface area contributed by atoms with Gasteiger partial charge in [-0.15, -0.1) is 0 Å². The van der Waals surface area contributed by atoms with E-state index in [-0.39, 0.29) is 17.0 Å². The zero-order valence-corrected chi connectivity index (χ0v) is 22.6. The molecule has 1 saturated heterocycles. The fourth-order valence-corrected chi connectivity index (χ4v) is 5.52. The van der Waals surface area contributed by atoms with Gasteiger partial charge in [-0.2, -0.15) is 0 Å². The molecule has 1 rings (SSSR count). The van der Waals surface area contributed by atoms with E-state index in [1.54, 1.807) is 0 Å². The van der Waals surface area contributed by atoms with Gasteiger partial charge < -0.3 is 4.74 Å². The predicted molar refractivity (Wildman–Crippen MR) is 140 cm³/mol. The number of hydrogen-bond acceptors (Lipinski definition) is 2. The Hall–Kier alpha value is -0.530. The van der Waals surface area contributed by atoms with Crippen molar-refractivity contribution in [1.82, 2.24) is 0 Å². The summed E-state index contributed by atoms with van der Waals surface area (Å²) in [5.74, 6) is 0.0386.